The maximum absolute atomic E-state index is 9.18. The minimum Gasteiger partial charge on any atom is -0.390 e. The summed E-state index contributed by atoms with van der Waals surface area (Å²) in [6, 6.07) is 17.4. The largest absolute Gasteiger partial charge is 0.390 e. The maximum atomic E-state index is 9.18. The molecule has 6 rings (SSSR count). The second-order valence-corrected chi connectivity index (χ2v) is 12.7. The van der Waals surface area contributed by atoms with E-state index in [4.69, 9.17) is 9.47 Å². The highest BCUT2D eigenvalue weighted by atomic mass is 35.5. The lowest BCUT2D eigenvalue weighted by atomic mass is 10.1. The van der Waals surface area contributed by atoms with E-state index in [0.29, 0.717) is 0 Å². The molecule has 2 aromatic carbocycles. The van der Waals surface area contributed by atoms with Crippen molar-refractivity contribution in [2.75, 3.05) is 65.7 Å². The Labute approximate surface area is 257 Å². The van der Waals surface area contributed by atoms with E-state index in [0.717, 1.165) is 91.4 Å². The molecule has 0 bridgehead atoms. The van der Waals surface area contributed by atoms with Crippen LogP contribution in [0.1, 0.15) is 24.0 Å². The van der Waals surface area contributed by atoms with Crippen molar-refractivity contribution in [1.82, 2.24) is 9.80 Å². The summed E-state index contributed by atoms with van der Waals surface area (Å²) in [5.74, 6) is 0. The molecule has 2 aliphatic heterocycles. The van der Waals surface area contributed by atoms with Gasteiger partial charge in [-0.15, -0.1) is 35.1 Å². The van der Waals surface area contributed by atoms with Gasteiger partial charge in [0.15, 0.2) is 0 Å². The molecule has 9 heteroatoms. The fourth-order valence-electron chi connectivity index (χ4n) is 5.35. The van der Waals surface area contributed by atoms with Gasteiger partial charge >= 0.3 is 0 Å². The average Bonchev–Trinajstić information content (AvgIpc) is 3.61. The van der Waals surface area contributed by atoms with Gasteiger partial charge in [0.1, 0.15) is 0 Å². The first-order valence-electron chi connectivity index (χ1n) is 14.5. The smallest absolute Gasteiger partial charge is 0.0793 e. The van der Waals surface area contributed by atoms with Crippen molar-refractivity contribution in [2.45, 2.75) is 37.9 Å². The van der Waals surface area contributed by atoms with Gasteiger partial charge < -0.3 is 19.7 Å². The van der Waals surface area contributed by atoms with E-state index in [-0.39, 0.29) is 24.6 Å². The lowest BCUT2D eigenvalue weighted by Crippen LogP contribution is -2.50. The molecule has 4 heterocycles. The molecular weight excluding hydrogens is 576 g/mol. The number of hydrogen-bond acceptors (Lipinski definition) is 8. The Kier molecular flexibility index (Phi) is 13.3. The molecule has 2 saturated heterocycles. The molecule has 0 unspecified atom stereocenters. The molecule has 6 nitrogen and oxygen atoms in total. The Bertz CT molecular complexity index is 1200. The van der Waals surface area contributed by atoms with Gasteiger partial charge in [-0.05, 0) is 82.6 Å². The summed E-state index contributed by atoms with van der Waals surface area (Å²) in [6.45, 7) is 8.61. The monoisotopic (exact) mass is 618 g/mol. The standard InChI is InChI=1S/2C16H21NO2S.ClH/c2*18-14-11-17(12-14)7-2-8-19-9-5-13-3-1-4-16-15(13)6-10-20-16;/h2*1,3-4,6,10,14,18H,2,5,7-9,11-12H2;1H. The van der Waals surface area contributed by atoms with E-state index in [1.165, 1.54) is 31.3 Å². The minimum absolute atomic E-state index is 0. The molecular formula is C32H43ClN2O4S2. The Morgan fingerprint density at radius 1 is 0.634 bits per heavy atom. The summed E-state index contributed by atoms with van der Waals surface area (Å²) in [7, 11) is 0. The number of likely N-dealkylation sites (tertiary alicyclic amines) is 2. The molecule has 0 atom stereocenters. The number of nitrogens with zero attached hydrogens (tertiary/aromatic N) is 2. The van der Waals surface area contributed by atoms with Crippen molar-refractivity contribution < 1.29 is 19.7 Å². The number of ether oxygens (including phenoxy) is 2. The van der Waals surface area contributed by atoms with E-state index in [1.54, 1.807) is 22.7 Å². The van der Waals surface area contributed by atoms with E-state index in [2.05, 4.69) is 69.1 Å². The molecule has 224 valence electrons. The zero-order chi connectivity index (χ0) is 27.6. The summed E-state index contributed by atoms with van der Waals surface area (Å²) in [5, 5.41) is 25.4. The van der Waals surface area contributed by atoms with Gasteiger partial charge in [0.25, 0.3) is 0 Å². The molecule has 2 N–H and O–H groups in total. The number of aliphatic hydroxyl groups is 2. The zero-order valence-electron chi connectivity index (χ0n) is 23.7. The first-order valence-corrected chi connectivity index (χ1v) is 16.3. The lowest BCUT2D eigenvalue weighted by molar-refractivity contribution is -0.00316. The number of rotatable bonds is 14. The van der Waals surface area contributed by atoms with Crippen LogP contribution in [0.15, 0.2) is 59.3 Å². The van der Waals surface area contributed by atoms with Crippen LogP contribution < -0.4 is 0 Å². The van der Waals surface area contributed by atoms with Crippen LogP contribution in [0.3, 0.4) is 0 Å². The summed E-state index contributed by atoms with van der Waals surface area (Å²) in [4.78, 5) is 4.53. The number of benzene rings is 2. The predicted octanol–water partition coefficient (Wildman–Crippen LogP) is 5.48. The van der Waals surface area contributed by atoms with Gasteiger partial charge in [-0.1, -0.05) is 24.3 Å². The van der Waals surface area contributed by atoms with Crippen LogP contribution in [0.25, 0.3) is 20.2 Å². The van der Waals surface area contributed by atoms with Crippen LogP contribution >= 0.6 is 35.1 Å². The van der Waals surface area contributed by atoms with E-state index in [1.807, 2.05) is 0 Å². The number of β-amino-alcohol motifs (C(OH)–C–C–N with tert-alkyl or cyclic N) is 2. The van der Waals surface area contributed by atoms with Gasteiger partial charge in [0, 0.05) is 61.9 Å². The third-order valence-corrected chi connectivity index (χ3v) is 9.37. The quantitative estimate of drug-likeness (QED) is 0.183. The Hall–Kier alpha value is -1.59. The maximum Gasteiger partial charge on any atom is 0.0793 e. The Morgan fingerprint density at radius 3 is 1.49 bits per heavy atom. The third-order valence-electron chi connectivity index (χ3n) is 7.61. The van der Waals surface area contributed by atoms with Crippen LogP contribution in [0.4, 0.5) is 0 Å². The normalized spacial score (nSPS) is 16.2. The number of hydrogen-bond donors (Lipinski definition) is 2. The molecule has 0 saturated carbocycles. The molecule has 0 spiro atoms. The van der Waals surface area contributed by atoms with Gasteiger partial charge in [-0.25, -0.2) is 0 Å². The van der Waals surface area contributed by atoms with Crippen molar-refractivity contribution in [3.05, 3.63) is 70.4 Å². The number of fused-ring (bicyclic) bond motifs is 2. The van der Waals surface area contributed by atoms with Crippen LogP contribution in [0.2, 0.25) is 0 Å². The van der Waals surface area contributed by atoms with Crippen LogP contribution in [0, 0.1) is 0 Å². The molecule has 2 fully saturated rings. The first kappa shape index (κ1) is 32.3. The summed E-state index contributed by atoms with van der Waals surface area (Å²) < 4.78 is 14.2. The van der Waals surface area contributed by atoms with Crippen molar-refractivity contribution in [3.8, 4) is 0 Å². The highest BCUT2D eigenvalue weighted by molar-refractivity contribution is 7.17. The lowest BCUT2D eigenvalue weighted by Gasteiger charge is -2.35. The van der Waals surface area contributed by atoms with Crippen molar-refractivity contribution >= 4 is 55.3 Å². The summed E-state index contributed by atoms with van der Waals surface area (Å²) >= 11 is 3.59. The molecule has 2 aromatic heterocycles. The first-order chi connectivity index (χ1) is 19.7. The number of aliphatic hydroxyl groups excluding tert-OH is 2. The molecule has 0 amide bonds. The van der Waals surface area contributed by atoms with Gasteiger partial charge in [0.05, 0.1) is 25.4 Å². The Balaban J connectivity index is 0.000000184. The second kappa shape index (κ2) is 16.9. The van der Waals surface area contributed by atoms with E-state index >= 15 is 0 Å². The summed E-state index contributed by atoms with van der Waals surface area (Å²) in [6.07, 6.45) is 3.88. The van der Waals surface area contributed by atoms with Gasteiger partial charge in [0.2, 0.25) is 0 Å². The van der Waals surface area contributed by atoms with Crippen LogP contribution in [0.5, 0.6) is 0 Å². The topological polar surface area (TPSA) is 65.4 Å². The number of halogens is 1. The summed E-state index contributed by atoms with van der Waals surface area (Å²) in [5.41, 5.74) is 2.77. The third kappa shape index (κ3) is 9.71. The fraction of sp³-hybridized carbons (Fsp3) is 0.500. The molecule has 0 aliphatic carbocycles. The van der Waals surface area contributed by atoms with Crippen molar-refractivity contribution in [1.29, 1.82) is 0 Å². The van der Waals surface area contributed by atoms with Crippen LogP contribution in [-0.4, -0.2) is 97.9 Å². The zero-order valence-corrected chi connectivity index (χ0v) is 26.1. The fourth-order valence-corrected chi connectivity index (χ4v) is 7.02. The average molecular weight is 619 g/mol. The highest BCUT2D eigenvalue weighted by Crippen LogP contribution is 2.25. The molecule has 4 aromatic rings. The van der Waals surface area contributed by atoms with Crippen molar-refractivity contribution in [2.24, 2.45) is 0 Å². The molecule has 41 heavy (non-hydrogen) atoms. The molecule has 2 aliphatic rings. The minimum atomic E-state index is -0.0954. The van der Waals surface area contributed by atoms with Crippen LogP contribution in [-0.2, 0) is 22.3 Å². The highest BCUT2D eigenvalue weighted by Gasteiger charge is 2.23. The second-order valence-electron chi connectivity index (χ2n) is 10.8. The Morgan fingerprint density at radius 2 is 1.07 bits per heavy atom. The number of thiophene rings is 2. The SMILES string of the molecule is Cl.OC1CN(CCCOCCc2cccc3sccc23)C1.OC1CN(CCCOCCc2cccc3sccc23)C1. The van der Waals surface area contributed by atoms with Gasteiger partial charge in [-0.2, -0.15) is 0 Å². The van der Waals surface area contributed by atoms with Crippen molar-refractivity contribution in [3.63, 3.8) is 0 Å². The van der Waals surface area contributed by atoms with E-state index in [9.17, 15) is 10.2 Å². The molecule has 0 radical (unpaired) electrons. The van der Waals surface area contributed by atoms with Gasteiger partial charge in [-0.3, -0.25) is 9.80 Å². The predicted molar refractivity (Wildman–Crippen MR) is 174 cm³/mol. The van der Waals surface area contributed by atoms with E-state index < -0.39 is 0 Å².